The van der Waals surface area contributed by atoms with Crippen molar-refractivity contribution in [1.82, 2.24) is 5.32 Å². The molecule has 0 aromatic carbocycles. The van der Waals surface area contributed by atoms with Crippen LogP contribution >= 0.6 is 0 Å². The second-order valence-corrected chi connectivity index (χ2v) is 11.8. The summed E-state index contributed by atoms with van der Waals surface area (Å²) in [7, 11) is 0. The van der Waals surface area contributed by atoms with Gasteiger partial charge in [0.05, 0.1) is 0 Å². The lowest BCUT2D eigenvalue weighted by Crippen LogP contribution is -2.42. The summed E-state index contributed by atoms with van der Waals surface area (Å²) in [6, 6.07) is -1.08. The first kappa shape index (κ1) is 41.4. The fourth-order valence-corrected chi connectivity index (χ4v) is 4.84. The zero-order valence-corrected chi connectivity index (χ0v) is 28.0. The summed E-state index contributed by atoms with van der Waals surface area (Å²) in [6.45, 7) is 5.06. The van der Waals surface area contributed by atoms with E-state index in [4.69, 9.17) is 19.9 Å². The molecular weight excluding hydrogens is 564 g/mol. The molecule has 3 N–H and O–H groups in total. The van der Waals surface area contributed by atoms with Crippen LogP contribution < -0.4 is 11.1 Å². The van der Waals surface area contributed by atoms with Gasteiger partial charge in [-0.1, -0.05) is 117 Å². The van der Waals surface area contributed by atoms with Gasteiger partial charge in [-0.15, -0.1) is 0 Å². The summed E-state index contributed by atoms with van der Waals surface area (Å²) in [5, 5.41) is 2.44. The third kappa shape index (κ3) is 26.9. The van der Waals surface area contributed by atoms with Crippen molar-refractivity contribution in [3.05, 3.63) is 0 Å². The van der Waals surface area contributed by atoms with Gasteiger partial charge in [0, 0.05) is 26.2 Å². The first-order valence-corrected chi connectivity index (χ1v) is 17.3. The summed E-state index contributed by atoms with van der Waals surface area (Å²) < 4.78 is 16.2. The molecule has 0 saturated carbocycles. The Hall–Kier alpha value is -2.65. The topological polar surface area (TPSA) is 151 Å². The van der Waals surface area contributed by atoms with Crippen LogP contribution in [-0.2, 0) is 38.2 Å². The molecule has 0 bridgehead atoms. The molecule has 0 spiro atoms. The summed E-state index contributed by atoms with van der Waals surface area (Å²) in [5.74, 6) is -2.71. The molecule has 0 aliphatic rings. The number of ether oxygens (including phenoxy) is 3. The van der Waals surface area contributed by atoms with Gasteiger partial charge >= 0.3 is 17.9 Å². The molecule has 0 fully saturated rings. The Bertz CT molecular complexity index is 789. The highest BCUT2D eigenvalue weighted by atomic mass is 16.6. The van der Waals surface area contributed by atoms with Gasteiger partial charge in [0.2, 0.25) is 11.8 Å². The van der Waals surface area contributed by atoms with Crippen LogP contribution in [0.1, 0.15) is 162 Å². The van der Waals surface area contributed by atoms with Gasteiger partial charge in [0.15, 0.2) is 6.10 Å². The van der Waals surface area contributed by atoms with Gasteiger partial charge in [0.1, 0.15) is 19.3 Å². The number of esters is 3. The molecule has 0 aliphatic heterocycles. The van der Waals surface area contributed by atoms with E-state index in [1.54, 1.807) is 0 Å². The standard InChI is InChI=1S/C34H62N2O8/c1-4-6-8-10-12-14-16-18-20-22-32(39)42-26-29(27-43-34(41)30(36-28(3)37)24-25-31(35)38)44-33(40)23-21-19-17-15-13-11-9-7-5-2/h29-30H,4-27H2,1-3H3,(H2,35,38)(H,36,37)/t29-,30-/m0/s1. The molecule has 10 nitrogen and oxygen atoms in total. The van der Waals surface area contributed by atoms with E-state index in [0.717, 1.165) is 38.5 Å². The zero-order chi connectivity index (χ0) is 32.8. The molecule has 10 heteroatoms. The van der Waals surface area contributed by atoms with Crippen molar-refractivity contribution in [3.63, 3.8) is 0 Å². The fraction of sp³-hybridized carbons (Fsp3) is 0.853. The van der Waals surface area contributed by atoms with Crippen molar-refractivity contribution in [2.24, 2.45) is 5.73 Å². The number of nitrogens with two attached hydrogens (primary N) is 1. The monoisotopic (exact) mass is 626 g/mol. The minimum Gasteiger partial charge on any atom is -0.462 e. The molecule has 0 aliphatic carbocycles. The van der Waals surface area contributed by atoms with Crippen molar-refractivity contribution in [2.75, 3.05) is 13.2 Å². The second kappa shape index (κ2) is 29.1. The number of nitrogens with one attached hydrogen (secondary N) is 1. The van der Waals surface area contributed by atoms with E-state index in [9.17, 15) is 24.0 Å². The van der Waals surface area contributed by atoms with Gasteiger partial charge in [-0.3, -0.25) is 19.2 Å². The van der Waals surface area contributed by atoms with Crippen molar-refractivity contribution < 1.29 is 38.2 Å². The van der Waals surface area contributed by atoms with Crippen LogP contribution in [0.3, 0.4) is 0 Å². The molecule has 0 rings (SSSR count). The second-order valence-electron chi connectivity index (χ2n) is 11.8. The van der Waals surface area contributed by atoms with E-state index >= 15 is 0 Å². The first-order chi connectivity index (χ1) is 21.2. The van der Waals surface area contributed by atoms with Crippen molar-refractivity contribution in [2.45, 2.75) is 174 Å². The Morgan fingerprint density at radius 3 is 1.48 bits per heavy atom. The normalized spacial score (nSPS) is 12.2. The molecule has 0 heterocycles. The molecule has 2 atom stereocenters. The molecule has 44 heavy (non-hydrogen) atoms. The Morgan fingerprint density at radius 2 is 1.02 bits per heavy atom. The lowest BCUT2D eigenvalue weighted by atomic mass is 10.1. The smallest absolute Gasteiger partial charge is 0.328 e. The van der Waals surface area contributed by atoms with E-state index in [1.165, 1.54) is 77.6 Å². The molecule has 0 radical (unpaired) electrons. The molecule has 0 saturated heterocycles. The van der Waals surface area contributed by atoms with Gasteiger partial charge < -0.3 is 25.3 Å². The number of hydrogen-bond acceptors (Lipinski definition) is 8. The van der Waals surface area contributed by atoms with Crippen molar-refractivity contribution >= 4 is 29.7 Å². The average molecular weight is 627 g/mol. The zero-order valence-electron chi connectivity index (χ0n) is 28.0. The van der Waals surface area contributed by atoms with Crippen LogP contribution in [0.15, 0.2) is 0 Å². The number of primary amides is 1. The number of carbonyl (C=O) groups excluding carboxylic acids is 5. The van der Waals surface area contributed by atoms with Gasteiger partial charge in [-0.25, -0.2) is 4.79 Å². The average Bonchev–Trinajstić information content (AvgIpc) is 2.98. The Kier molecular flexibility index (Phi) is 27.3. The number of rotatable bonds is 30. The molecule has 0 unspecified atom stereocenters. The lowest BCUT2D eigenvalue weighted by molar-refractivity contribution is -0.167. The highest BCUT2D eigenvalue weighted by Crippen LogP contribution is 2.13. The number of hydrogen-bond donors (Lipinski definition) is 2. The molecule has 2 amide bonds. The Morgan fingerprint density at radius 1 is 0.591 bits per heavy atom. The highest BCUT2D eigenvalue weighted by molar-refractivity contribution is 5.84. The van der Waals surface area contributed by atoms with Crippen LogP contribution in [-0.4, -0.2) is 55.1 Å². The summed E-state index contributed by atoms with van der Waals surface area (Å²) in [5.41, 5.74) is 5.18. The third-order valence-corrected chi connectivity index (χ3v) is 7.45. The summed E-state index contributed by atoms with van der Waals surface area (Å²) in [6.07, 6.45) is 19.6. The van der Waals surface area contributed by atoms with Crippen molar-refractivity contribution in [3.8, 4) is 0 Å². The summed E-state index contributed by atoms with van der Waals surface area (Å²) >= 11 is 0. The van der Waals surface area contributed by atoms with Crippen LogP contribution in [0.25, 0.3) is 0 Å². The van der Waals surface area contributed by atoms with Gasteiger partial charge in [-0.2, -0.15) is 0 Å². The van der Waals surface area contributed by atoms with Gasteiger partial charge in [0.25, 0.3) is 0 Å². The van der Waals surface area contributed by atoms with Crippen molar-refractivity contribution in [1.29, 1.82) is 0 Å². The number of amides is 2. The van der Waals surface area contributed by atoms with E-state index in [-0.39, 0.29) is 38.9 Å². The molecule has 0 aromatic rings. The maximum atomic E-state index is 12.6. The van der Waals surface area contributed by atoms with E-state index in [1.807, 2.05) is 0 Å². The predicted molar refractivity (Wildman–Crippen MR) is 172 cm³/mol. The number of unbranched alkanes of at least 4 members (excludes halogenated alkanes) is 16. The molecule has 256 valence electrons. The first-order valence-electron chi connectivity index (χ1n) is 17.3. The van der Waals surface area contributed by atoms with Crippen LogP contribution in [0.2, 0.25) is 0 Å². The van der Waals surface area contributed by atoms with Crippen LogP contribution in [0.5, 0.6) is 0 Å². The Balaban J connectivity index is 4.71. The highest BCUT2D eigenvalue weighted by Gasteiger charge is 2.25. The van der Waals surface area contributed by atoms with E-state index < -0.39 is 41.9 Å². The maximum absolute atomic E-state index is 12.6. The molecular formula is C34H62N2O8. The largest absolute Gasteiger partial charge is 0.462 e. The van der Waals surface area contributed by atoms with Gasteiger partial charge in [-0.05, 0) is 19.3 Å². The van der Waals surface area contributed by atoms with E-state index in [0.29, 0.717) is 6.42 Å². The third-order valence-electron chi connectivity index (χ3n) is 7.45. The minimum absolute atomic E-state index is 0.0233. The fourth-order valence-electron chi connectivity index (χ4n) is 4.84. The van der Waals surface area contributed by atoms with E-state index in [2.05, 4.69) is 19.2 Å². The van der Waals surface area contributed by atoms with Crippen LogP contribution in [0.4, 0.5) is 0 Å². The molecule has 0 aromatic heterocycles. The van der Waals surface area contributed by atoms with Crippen LogP contribution in [0, 0.1) is 0 Å². The maximum Gasteiger partial charge on any atom is 0.328 e. The number of carbonyl (C=O) groups is 5. The minimum atomic E-state index is -1.08. The SMILES string of the molecule is CCCCCCCCCCCC(=O)OC[C@@H](COC(=O)[C@H](CCC(N)=O)NC(C)=O)OC(=O)CCCCCCCCCCC. The summed E-state index contributed by atoms with van der Waals surface area (Å²) in [4.78, 5) is 60.2. The Labute approximate surface area is 266 Å². The lowest BCUT2D eigenvalue weighted by Gasteiger charge is -2.21. The predicted octanol–water partition coefficient (Wildman–Crippen LogP) is 6.60. The quantitative estimate of drug-likeness (QED) is 0.0514.